The minimum Gasteiger partial charge on any atom is -0.480 e. The van der Waals surface area contributed by atoms with Crippen molar-refractivity contribution in [3.63, 3.8) is 0 Å². The number of hydrogen-bond acceptors (Lipinski definition) is 3. The molecule has 0 aliphatic heterocycles. The molecule has 6 heteroatoms. The number of carbonyl (C=O) groups excluding carboxylic acids is 2. The van der Waals surface area contributed by atoms with Gasteiger partial charge < -0.3 is 15.7 Å². The Morgan fingerprint density at radius 3 is 2.23 bits per heavy atom. The lowest BCUT2D eigenvalue weighted by molar-refractivity contribution is -0.142. The molecular formula is C16H26N2O4. The summed E-state index contributed by atoms with van der Waals surface area (Å²) >= 11 is 0. The summed E-state index contributed by atoms with van der Waals surface area (Å²) in [4.78, 5) is 34.7. The lowest BCUT2D eigenvalue weighted by atomic mass is 9.87. The third kappa shape index (κ3) is 6.03. The Labute approximate surface area is 131 Å². The van der Waals surface area contributed by atoms with Gasteiger partial charge in [0.25, 0.3) is 0 Å². The molecule has 0 heterocycles. The van der Waals surface area contributed by atoms with Crippen LogP contribution in [0.3, 0.4) is 0 Å². The van der Waals surface area contributed by atoms with E-state index < -0.39 is 17.9 Å². The SMILES string of the molecule is O=C(CC1CCCCC1)NCC(=O)NC(CC1CC1)C(=O)O. The molecule has 2 rings (SSSR count). The van der Waals surface area contributed by atoms with E-state index in [2.05, 4.69) is 10.6 Å². The molecule has 1 atom stereocenters. The van der Waals surface area contributed by atoms with Crippen molar-refractivity contribution in [3.05, 3.63) is 0 Å². The predicted octanol–water partition coefficient (Wildman–Crippen LogP) is 1.44. The first-order chi connectivity index (χ1) is 10.5. The standard InChI is InChI=1S/C16H26N2O4/c19-14(9-11-4-2-1-3-5-11)17-10-15(20)18-13(16(21)22)8-12-6-7-12/h11-13H,1-10H2,(H,17,19)(H,18,20)(H,21,22). The normalized spacial score (nSPS) is 20.2. The second-order valence-corrected chi connectivity index (χ2v) is 6.62. The number of carboxylic acid groups (broad SMARTS) is 1. The average Bonchev–Trinajstić information content (AvgIpc) is 3.29. The van der Waals surface area contributed by atoms with Crippen LogP contribution in [0.25, 0.3) is 0 Å². The van der Waals surface area contributed by atoms with Crippen LogP contribution < -0.4 is 10.6 Å². The van der Waals surface area contributed by atoms with Crippen LogP contribution in [0.2, 0.25) is 0 Å². The largest absolute Gasteiger partial charge is 0.480 e. The molecule has 6 nitrogen and oxygen atoms in total. The lowest BCUT2D eigenvalue weighted by Gasteiger charge is -2.21. The van der Waals surface area contributed by atoms with E-state index in [1.165, 1.54) is 19.3 Å². The summed E-state index contributed by atoms with van der Waals surface area (Å²) in [7, 11) is 0. The fraction of sp³-hybridized carbons (Fsp3) is 0.812. The molecule has 0 aromatic heterocycles. The van der Waals surface area contributed by atoms with Gasteiger partial charge in [0.1, 0.15) is 6.04 Å². The van der Waals surface area contributed by atoms with Gasteiger partial charge in [-0.05, 0) is 31.1 Å². The maximum Gasteiger partial charge on any atom is 0.326 e. The monoisotopic (exact) mass is 310 g/mol. The zero-order valence-corrected chi connectivity index (χ0v) is 13.0. The summed E-state index contributed by atoms with van der Waals surface area (Å²) in [5.74, 6) is -0.698. The molecule has 0 radical (unpaired) electrons. The highest BCUT2D eigenvalue weighted by atomic mass is 16.4. The highest BCUT2D eigenvalue weighted by Gasteiger charge is 2.30. The molecule has 0 aromatic carbocycles. The van der Waals surface area contributed by atoms with E-state index in [1.807, 2.05) is 0 Å². The van der Waals surface area contributed by atoms with Crippen LogP contribution in [0, 0.1) is 11.8 Å². The number of hydrogen-bond donors (Lipinski definition) is 3. The van der Waals surface area contributed by atoms with Crippen molar-refractivity contribution >= 4 is 17.8 Å². The Hall–Kier alpha value is -1.59. The van der Waals surface area contributed by atoms with E-state index in [-0.39, 0.29) is 12.5 Å². The van der Waals surface area contributed by atoms with E-state index >= 15 is 0 Å². The molecule has 0 aromatic rings. The van der Waals surface area contributed by atoms with Crippen molar-refractivity contribution in [2.24, 2.45) is 11.8 Å². The van der Waals surface area contributed by atoms with Gasteiger partial charge in [-0.3, -0.25) is 9.59 Å². The fourth-order valence-electron chi connectivity index (χ4n) is 3.06. The molecule has 2 aliphatic carbocycles. The van der Waals surface area contributed by atoms with Gasteiger partial charge in [-0.15, -0.1) is 0 Å². The lowest BCUT2D eigenvalue weighted by Crippen LogP contribution is -2.45. The van der Waals surface area contributed by atoms with Gasteiger partial charge in [-0.25, -0.2) is 4.79 Å². The minimum atomic E-state index is -1.01. The summed E-state index contributed by atoms with van der Waals surface area (Å²) < 4.78 is 0. The third-order valence-electron chi connectivity index (χ3n) is 4.54. The molecule has 2 saturated carbocycles. The van der Waals surface area contributed by atoms with Crippen LogP contribution in [-0.2, 0) is 14.4 Å². The Kier molecular flexibility index (Phi) is 6.21. The van der Waals surface area contributed by atoms with E-state index in [0.717, 1.165) is 25.7 Å². The smallest absolute Gasteiger partial charge is 0.326 e. The highest BCUT2D eigenvalue weighted by molar-refractivity contribution is 5.87. The van der Waals surface area contributed by atoms with Crippen LogP contribution in [0.15, 0.2) is 0 Å². The number of aliphatic carboxylic acids is 1. The summed E-state index contributed by atoms with van der Waals surface area (Å²) in [6, 6.07) is -0.838. The van der Waals surface area contributed by atoms with Crippen LogP contribution in [0.5, 0.6) is 0 Å². The summed E-state index contributed by atoms with van der Waals surface area (Å²) in [5.41, 5.74) is 0. The maximum atomic E-state index is 11.8. The molecule has 0 saturated heterocycles. The zero-order chi connectivity index (χ0) is 15.9. The molecule has 22 heavy (non-hydrogen) atoms. The highest BCUT2D eigenvalue weighted by Crippen LogP contribution is 2.33. The number of nitrogens with one attached hydrogen (secondary N) is 2. The molecule has 0 spiro atoms. The van der Waals surface area contributed by atoms with Crippen molar-refractivity contribution in [1.29, 1.82) is 0 Å². The van der Waals surface area contributed by atoms with Crippen molar-refractivity contribution in [2.45, 2.75) is 63.8 Å². The number of carboxylic acids is 1. The summed E-state index contributed by atoms with van der Waals surface area (Å²) in [5, 5.41) is 14.2. The van der Waals surface area contributed by atoms with Gasteiger partial charge in [-0.2, -0.15) is 0 Å². The van der Waals surface area contributed by atoms with Crippen molar-refractivity contribution in [1.82, 2.24) is 10.6 Å². The van der Waals surface area contributed by atoms with Crippen molar-refractivity contribution in [3.8, 4) is 0 Å². The van der Waals surface area contributed by atoms with Crippen LogP contribution in [0.1, 0.15) is 57.8 Å². The minimum absolute atomic E-state index is 0.115. The van der Waals surface area contributed by atoms with Crippen molar-refractivity contribution < 1.29 is 19.5 Å². The van der Waals surface area contributed by atoms with Crippen LogP contribution >= 0.6 is 0 Å². The first-order valence-electron chi connectivity index (χ1n) is 8.33. The van der Waals surface area contributed by atoms with Gasteiger partial charge in [0.2, 0.25) is 11.8 Å². The second-order valence-electron chi connectivity index (χ2n) is 6.62. The Bertz CT molecular complexity index is 414. The molecule has 1 unspecified atom stereocenters. The predicted molar refractivity (Wildman–Crippen MR) is 81.1 cm³/mol. The Morgan fingerprint density at radius 2 is 1.64 bits per heavy atom. The van der Waals surface area contributed by atoms with Crippen molar-refractivity contribution in [2.75, 3.05) is 6.54 Å². The van der Waals surface area contributed by atoms with Gasteiger partial charge in [0.15, 0.2) is 0 Å². The number of carbonyl (C=O) groups is 3. The average molecular weight is 310 g/mol. The maximum absolute atomic E-state index is 11.8. The van der Waals surface area contributed by atoms with E-state index in [4.69, 9.17) is 5.11 Å². The molecule has 2 amide bonds. The molecule has 0 bridgehead atoms. The topological polar surface area (TPSA) is 95.5 Å². The molecule has 124 valence electrons. The van der Waals surface area contributed by atoms with Crippen LogP contribution in [-0.4, -0.2) is 35.5 Å². The van der Waals surface area contributed by atoms with E-state index in [0.29, 0.717) is 24.7 Å². The summed E-state index contributed by atoms with van der Waals surface area (Å²) in [6.45, 7) is -0.139. The molecule has 2 aliphatic rings. The first kappa shape index (κ1) is 16.8. The fourth-order valence-corrected chi connectivity index (χ4v) is 3.06. The van der Waals surface area contributed by atoms with E-state index in [1.54, 1.807) is 0 Å². The number of rotatable bonds is 8. The van der Waals surface area contributed by atoms with E-state index in [9.17, 15) is 14.4 Å². The zero-order valence-electron chi connectivity index (χ0n) is 13.0. The van der Waals surface area contributed by atoms with Gasteiger partial charge in [-0.1, -0.05) is 32.1 Å². The number of amides is 2. The third-order valence-corrected chi connectivity index (χ3v) is 4.54. The first-order valence-corrected chi connectivity index (χ1v) is 8.33. The quantitative estimate of drug-likeness (QED) is 0.632. The Balaban J connectivity index is 1.64. The van der Waals surface area contributed by atoms with Gasteiger partial charge in [0, 0.05) is 6.42 Å². The molecule has 3 N–H and O–H groups in total. The summed E-state index contributed by atoms with van der Waals surface area (Å²) in [6.07, 6.45) is 8.81. The van der Waals surface area contributed by atoms with Crippen LogP contribution in [0.4, 0.5) is 0 Å². The second kappa shape index (κ2) is 8.15. The Morgan fingerprint density at radius 1 is 0.955 bits per heavy atom. The van der Waals surface area contributed by atoms with Gasteiger partial charge in [0.05, 0.1) is 6.54 Å². The molecule has 2 fully saturated rings. The molecular weight excluding hydrogens is 284 g/mol. The van der Waals surface area contributed by atoms with Gasteiger partial charge >= 0.3 is 5.97 Å².